The van der Waals surface area contributed by atoms with E-state index in [1.807, 2.05) is 35.9 Å². The molecule has 108 valence electrons. The maximum absolute atomic E-state index is 8.77. The van der Waals surface area contributed by atoms with Crippen molar-refractivity contribution in [2.45, 2.75) is 18.0 Å². The third-order valence-electron chi connectivity index (χ3n) is 2.97. The number of methoxy groups -OCH3 is 1. The fourth-order valence-corrected chi connectivity index (χ4v) is 2.79. The van der Waals surface area contributed by atoms with Crippen LogP contribution in [0, 0.1) is 0 Å². The summed E-state index contributed by atoms with van der Waals surface area (Å²) in [6.45, 7) is 0.242. The number of nitrogens with zero attached hydrogens (tertiary/aromatic N) is 3. The van der Waals surface area contributed by atoms with Crippen LogP contribution in [0.5, 0.6) is 5.75 Å². The van der Waals surface area contributed by atoms with Crippen molar-refractivity contribution in [1.29, 1.82) is 0 Å². The Morgan fingerprint density at radius 3 is 2.80 bits per heavy atom. The molecule has 2 aromatic rings. The Kier molecular flexibility index (Phi) is 5.43. The summed E-state index contributed by atoms with van der Waals surface area (Å²) >= 11 is 1.65. The zero-order chi connectivity index (χ0) is 14.4. The molecule has 0 aliphatic carbocycles. The minimum atomic E-state index is 0.242. The molecule has 0 fully saturated rings. The van der Waals surface area contributed by atoms with E-state index >= 15 is 0 Å². The van der Waals surface area contributed by atoms with Crippen molar-refractivity contribution in [1.82, 2.24) is 14.8 Å². The van der Waals surface area contributed by atoms with Gasteiger partial charge in [0.2, 0.25) is 0 Å². The minimum absolute atomic E-state index is 0.242. The zero-order valence-electron chi connectivity index (χ0n) is 11.7. The van der Waals surface area contributed by atoms with Gasteiger partial charge in [-0.1, -0.05) is 23.9 Å². The van der Waals surface area contributed by atoms with Crippen molar-refractivity contribution in [3.63, 3.8) is 0 Å². The summed E-state index contributed by atoms with van der Waals surface area (Å²) in [6, 6.07) is 7.78. The fraction of sp³-hybridized carbons (Fsp3) is 0.429. The number of rotatable bonds is 7. The predicted molar refractivity (Wildman–Crippen MR) is 80.0 cm³/mol. The first kappa shape index (κ1) is 14.9. The molecule has 0 amide bonds. The van der Waals surface area contributed by atoms with Crippen LogP contribution in [-0.4, -0.2) is 39.3 Å². The molecule has 0 saturated heterocycles. The Bertz CT molecular complexity index is 557. The van der Waals surface area contributed by atoms with Crippen molar-refractivity contribution in [3.05, 3.63) is 24.3 Å². The summed E-state index contributed by atoms with van der Waals surface area (Å²) in [5.74, 6) is 2.52. The van der Waals surface area contributed by atoms with Gasteiger partial charge in [0.1, 0.15) is 5.75 Å². The maximum atomic E-state index is 8.77. The third kappa shape index (κ3) is 3.32. The molecule has 1 aromatic carbocycles. The van der Waals surface area contributed by atoms with Gasteiger partial charge in [-0.3, -0.25) is 0 Å². The van der Waals surface area contributed by atoms with E-state index in [-0.39, 0.29) is 6.61 Å². The highest BCUT2D eigenvalue weighted by atomic mass is 32.2. The third-order valence-corrected chi connectivity index (χ3v) is 4.07. The standard InChI is InChI=1S/C14H19N3O2S/c1-17-13(11-7-3-4-8-12(11)19-2)15-16-14(17)20-10-6-5-9-18/h3-4,7-8,18H,5-6,9-10H2,1-2H3. The van der Waals surface area contributed by atoms with E-state index in [0.717, 1.165) is 40.9 Å². The number of thioether (sulfide) groups is 1. The Balaban J connectivity index is 2.16. The van der Waals surface area contributed by atoms with Gasteiger partial charge in [0.25, 0.3) is 0 Å². The number of aliphatic hydroxyl groups excluding tert-OH is 1. The molecular weight excluding hydrogens is 274 g/mol. The monoisotopic (exact) mass is 293 g/mol. The van der Waals surface area contributed by atoms with Crippen molar-refractivity contribution >= 4 is 11.8 Å². The van der Waals surface area contributed by atoms with Crippen LogP contribution < -0.4 is 4.74 Å². The lowest BCUT2D eigenvalue weighted by molar-refractivity contribution is 0.287. The maximum Gasteiger partial charge on any atom is 0.191 e. The molecule has 2 rings (SSSR count). The average molecular weight is 293 g/mol. The van der Waals surface area contributed by atoms with E-state index in [1.165, 1.54) is 0 Å². The number of ether oxygens (including phenoxy) is 1. The molecule has 1 N–H and O–H groups in total. The van der Waals surface area contributed by atoms with Gasteiger partial charge in [0.15, 0.2) is 11.0 Å². The molecule has 0 unspecified atom stereocenters. The first-order chi connectivity index (χ1) is 9.77. The second-order valence-corrected chi connectivity index (χ2v) is 5.41. The van der Waals surface area contributed by atoms with E-state index in [2.05, 4.69) is 10.2 Å². The number of hydrogen-bond acceptors (Lipinski definition) is 5. The van der Waals surface area contributed by atoms with Crippen LogP contribution in [0.15, 0.2) is 29.4 Å². The van der Waals surface area contributed by atoms with Crippen LogP contribution in [0.3, 0.4) is 0 Å². The van der Waals surface area contributed by atoms with Crippen LogP contribution >= 0.6 is 11.8 Å². The molecule has 0 atom stereocenters. The van der Waals surface area contributed by atoms with Gasteiger partial charge in [0.05, 0.1) is 12.7 Å². The SMILES string of the molecule is COc1ccccc1-c1nnc(SCCCCO)n1C. The molecule has 0 aliphatic heterocycles. The van der Waals surface area contributed by atoms with Crippen molar-refractivity contribution in [2.24, 2.45) is 7.05 Å². The molecule has 0 radical (unpaired) electrons. The molecule has 6 heteroatoms. The summed E-state index contributed by atoms with van der Waals surface area (Å²) in [5.41, 5.74) is 0.937. The van der Waals surface area contributed by atoms with Crippen LogP contribution in [0.25, 0.3) is 11.4 Å². The predicted octanol–water partition coefficient (Wildman–Crippen LogP) is 2.36. The Hall–Kier alpha value is -1.53. The first-order valence-corrected chi connectivity index (χ1v) is 7.53. The summed E-state index contributed by atoms with van der Waals surface area (Å²) < 4.78 is 7.34. The second kappa shape index (κ2) is 7.31. The largest absolute Gasteiger partial charge is 0.496 e. The molecule has 0 spiro atoms. The highest BCUT2D eigenvalue weighted by Gasteiger charge is 2.14. The van der Waals surface area contributed by atoms with Crippen LogP contribution in [-0.2, 0) is 7.05 Å². The average Bonchev–Trinajstić information content (AvgIpc) is 2.85. The van der Waals surface area contributed by atoms with Gasteiger partial charge >= 0.3 is 0 Å². The summed E-state index contributed by atoms with van der Waals surface area (Å²) in [5, 5.41) is 18.1. The smallest absolute Gasteiger partial charge is 0.191 e. The second-order valence-electron chi connectivity index (χ2n) is 4.34. The molecule has 0 saturated carbocycles. The number of benzene rings is 1. The van der Waals surface area contributed by atoms with Crippen molar-refractivity contribution < 1.29 is 9.84 Å². The summed E-state index contributed by atoms with van der Waals surface area (Å²) in [6.07, 6.45) is 1.79. The van der Waals surface area contributed by atoms with E-state index < -0.39 is 0 Å². The van der Waals surface area contributed by atoms with E-state index in [4.69, 9.17) is 9.84 Å². The van der Waals surface area contributed by atoms with E-state index in [1.54, 1.807) is 18.9 Å². The lowest BCUT2D eigenvalue weighted by atomic mass is 10.2. The zero-order valence-corrected chi connectivity index (χ0v) is 12.6. The van der Waals surface area contributed by atoms with Crippen LogP contribution in [0.4, 0.5) is 0 Å². The van der Waals surface area contributed by atoms with Gasteiger partial charge < -0.3 is 14.4 Å². The molecule has 0 bridgehead atoms. The normalized spacial score (nSPS) is 10.8. The fourth-order valence-electron chi connectivity index (χ4n) is 1.88. The van der Waals surface area contributed by atoms with Gasteiger partial charge in [-0.05, 0) is 25.0 Å². The summed E-state index contributed by atoms with van der Waals surface area (Å²) in [4.78, 5) is 0. The number of aliphatic hydroxyl groups is 1. The molecule has 1 aromatic heterocycles. The van der Waals surface area contributed by atoms with Crippen molar-refractivity contribution in [2.75, 3.05) is 19.5 Å². The highest BCUT2D eigenvalue weighted by Crippen LogP contribution is 2.30. The van der Waals surface area contributed by atoms with Gasteiger partial charge in [-0.2, -0.15) is 0 Å². The number of hydrogen-bond donors (Lipinski definition) is 1. The molecule has 5 nitrogen and oxygen atoms in total. The van der Waals surface area contributed by atoms with Gasteiger partial charge in [-0.15, -0.1) is 10.2 Å². The lowest BCUT2D eigenvalue weighted by Gasteiger charge is -2.08. The Labute approximate surface area is 123 Å². The first-order valence-electron chi connectivity index (χ1n) is 6.54. The van der Waals surface area contributed by atoms with E-state index in [9.17, 15) is 0 Å². The van der Waals surface area contributed by atoms with Gasteiger partial charge in [0, 0.05) is 19.4 Å². The number of para-hydroxylation sites is 1. The topological polar surface area (TPSA) is 60.2 Å². The van der Waals surface area contributed by atoms with Crippen molar-refractivity contribution in [3.8, 4) is 17.1 Å². The summed E-state index contributed by atoms with van der Waals surface area (Å²) in [7, 11) is 3.61. The van der Waals surface area contributed by atoms with Crippen LogP contribution in [0.2, 0.25) is 0 Å². The van der Waals surface area contributed by atoms with E-state index in [0.29, 0.717) is 0 Å². The lowest BCUT2D eigenvalue weighted by Crippen LogP contribution is -1.97. The number of unbranched alkanes of at least 4 members (excludes halogenated alkanes) is 1. The van der Waals surface area contributed by atoms with Gasteiger partial charge in [-0.25, -0.2) is 0 Å². The van der Waals surface area contributed by atoms with Crippen LogP contribution in [0.1, 0.15) is 12.8 Å². The molecule has 0 aliphatic rings. The molecule has 20 heavy (non-hydrogen) atoms. The highest BCUT2D eigenvalue weighted by molar-refractivity contribution is 7.99. The molecular formula is C14H19N3O2S. The molecule has 1 heterocycles. The quantitative estimate of drug-likeness (QED) is 0.627. The number of aromatic nitrogens is 3. The minimum Gasteiger partial charge on any atom is -0.496 e. The Morgan fingerprint density at radius 1 is 1.25 bits per heavy atom. The Morgan fingerprint density at radius 2 is 2.05 bits per heavy atom.